The van der Waals surface area contributed by atoms with Gasteiger partial charge in [0.1, 0.15) is 11.9 Å². The van der Waals surface area contributed by atoms with Crippen LogP contribution in [0.25, 0.3) is 0 Å². The molecule has 6 heteroatoms. The maximum absolute atomic E-state index is 12.7. The van der Waals surface area contributed by atoms with Crippen LogP contribution in [0.2, 0.25) is 0 Å². The SMILES string of the molecule is Cl.FC(F)(F)c1cccc(OC2CCN(Cc3ccccc3)CC2)c1. The highest BCUT2D eigenvalue weighted by Crippen LogP contribution is 2.32. The molecule has 3 rings (SSSR count). The summed E-state index contributed by atoms with van der Waals surface area (Å²) in [6.07, 6.45) is -2.72. The van der Waals surface area contributed by atoms with Crippen molar-refractivity contribution in [3.05, 3.63) is 65.7 Å². The Bertz CT molecular complexity index is 655. The van der Waals surface area contributed by atoms with Crippen LogP contribution in [0.3, 0.4) is 0 Å². The van der Waals surface area contributed by atoms with Crippen molar-refractivity contribution >= 4 is 12.4 Å². The maximum atomic E-state index is 12.7. The lowest BCUT2D eigenvalue weighted by molar-refractivity contribution is -0.137. The van der Waals surface area contributed by atoms with Crippen molar-refractivity contribution in [1.82, 2.24) is 4.90 Å². The molecule has 1 saturated heterocycles. The number of hydrogen-bond donors (Lipinski definition) is 0. The van der Waals surface area contributed by atoms with Gasteiger partial charge < -0.3 is 4.74 Å². The van der Waals surface area contributed by atoms with E-state index in [2.05, 4.69) is 17.0 Å². The largest absolute Gasteiger partial charge is 0.490 e. The highest BCUT2D eigenvalue weighted by molar-refractivity contribution is 5.85. The van der Waals surface area contributed by atoms with Crippen LogP contribution in [0.4, 0.5) is 13.2 Å². The summed E-state index contributed by atoms with van der Waals surface area (Å²) in [6, 6.07) is 15.4. The normalized spacial score (nSPS) is 16.3. The number of nitrogens with zero attached hydrogens (tertiary/aromatic N) is 1. The van der Waals surface area contributed by atoms with E-state index in [-0.39, 0.29) is 18.5 Å². The number of alkyl halides is 3. The number of benzene rings is 2. The standard InChI is InChI=1S/C19H20F3NO.ClH/c20-19(21,22)16-7-4-8-18(13-16)24-17-9-11-23(12-10-17)14-15-5-2-1-3-6-15;/h1-8,13,17H,9-12,14H2;1H. The predicted octanol–water partition coefficient (Wildman–Crippen LogP) is 5.17. The topological polar surface area (TPSA) is 12.5 Å². The molecule has 0 saturated carbocycles. The van der Waals surface area contributed by atoms with E-state index in [1.54, 1.807) is 6.07 Å². The Labute approximate surface area is 152 Å². The lowest BCUT2D eigenvalue weighted by atomic mass is 10.1. The highest BCUT2D eigenvalue weighted by atomic mass is 35.5. The van der Waals surface area contributed by atoms with Gasteiger partial charge in [0.25, 0.3) is 0 Å². The number of likely N-dealkylation sites (tertiary alicyclic amines) is 1. The van der Waals surface area contributed by atoms with Crippen molar-refractivity contribution in [2.45, 2.75) is 31.7 Å². The predicted molar refractivity (Wildman–Crippen MR) is 94.1 cm³/mol. The van der Waals surface area contributed by atoms with Crippen LogP contribution >= 0.6 is 12.4 Å². The van der Waals surface area contributed by atoms with Crippen molar-refractivity contribution in [3.63, 3.8) is 0 Å². The summed E-state index contributed by atoms with van der Waals surface area (Å²) >= 11 is 0. The van der Waals surface area contributed by atoms with Crippen LogP contribution in [0, 0.1) is 0 Å². The lowest BCUT2D eigenvalue weighted by Crippen LogP contribution is -2.37. The van der Waals surface area contributed by atoms with Gasteiger partial charge in [0.15, 0.2) is 0 Å². The van der Waals surface area contributed by atoms with Crippen LogP contribution in [0.5, 0.6) is 5.75 Å². The summed E-state index contributed by atoms with van der Waals surface area (Å²) in [4.78, 5) is 2.35. The Balaban J connectivity index is 0.00000225. The molecule has 0 radical (unpaired) electrons. The summed E-state index contributed by atoms with van der Waals surface area (Å²) in [5.74, 6) is 0.298. The Morgan fingerprint density at radius 3 is 2.28 bits per heavy atom. The summed E-state index contributed by atoms with van der Waals surface area (Å²) in [7, 11) is 0. The van der Waals surface area contributed by atoms with Crippen molar-refractivity contribution in [1.29, 1.82) is 0 Å². The number of ether oxygens (including phenoxy) is 1. The number of piperidine rings is 1. The fourth-order valence-electron chi connectivity index (χ4n) is 2.97. The van der Waals surface area contributed by atoms with E-state index in [1.807, 2.05) is 18.2 Å². The van der Waals surface area contributed by atoms with E-state index in [1.165, 1.54) is 11.6 Å². The average molecular weight is 372 g/mol. The molecule has 1 aliphatic rings. The second-order valence-corrected chi connectivity index (χ2v) is 6.10. The molecule has 2 aromatic carbocycles. The monoisotopic (exact) mass is 371 g/mol. The zero-order valence-corrected chi connectivity index (χ0v) is 14.5. The van der Waals surface area contributed by atoms with Gasteiger partial charge in [0.05, 0.1) is 5.56 Å². The van der Waals surface area contributed by atoms with E-state index in [0.717, 1.165) is 44.6 Å². The molecule has 0 bridgehead atoms. The first-order valence-corrected chi connectivity index (χ1v) is 8.11. The first kappa shape index (κ1) is 19.6. The number of rotatable bonds is 4. The Morgan fingerprint density at radius 2 is 1.64 bits per heavy atom. The van der Waals surface area contributed by atoms with Crippen molar-refractivity contribution < 1.29 is 17.9 Å². The first-order valence-electron chi connectivity index (χ1n) is 8.11. The highest BCUT2D eigenvalue weighted by Gasteiger charge is 2.31. The van der Waals surface area contributed by atoms with Gasteiger partial charge in [-0.05, 0) is 36.6 Å². The van der Waals surface area contributed by atoms with Gasteiger partial charge in [-0.1, -0.05) is 36.4 Å². The van der Waals surface area contributed by atoms with Crippen LogP contribution < -0.4 is 4.74 Å². The van der Waals surface area contributed by atoms with Crippen molar-refractivity contribution in [2.24, 2.45) is 0 Å². The molecule has 1 fully saturated rings. The lowest BCUT2D eigenvalue weighted by Gasteiger charge is -2.32. The minimum atomic E-state index is -4.33. The third-order valence-corrected chi connectivity index (χ3v) is 4.25. The fourth-order valence-corrected chi connectivity index (χ4v) is 2.97. The molecule has 0 aliphatic carbocycles. The summed E-state index contributed by atoms with van der Waals surface area (Å²) < 4.78 is 44.0. The van der Waals surface area contributed by atoms with E-state index >= 15 is 0 Å². The first-order chi connectivity index (χ1) is 11.5. The van der Waals surface area contributed by atoms with Crippen LogP contribution in [-0.4, -0.2) is 24.1 Å². The molecule has 2 nitrogen and oxygen atoms in total. The minimum absolute atomic E-state index is 0. The fraction of sp³-hybridized carbons (Fsp3) is 0.368. The number of hydrogen-bond acceptors (Lipinski definition) is 2. The zero-order valence-electron chi connectivity index (χ0n) is 13.7. The third kappa shape index (κ3) is 5.65. The number of halogens is 4. The van der Waals surface area contributed by atoms with Crippen LogP contribution in [0.15, 0.2) is 54.6 Å². The van der Waals surface area contributed by atoms with Crippen molar-refractivity contribution in [2.75, 3.05) is 13.1 Å². The Morgan fingerprint density at radius 1 is 0.960 bits per heavy atom. The van der Waals surface area contributed by atoms with Gasteiger partial charge in [0, 0.05) is 19.6 Å². The van der Waals surface area contributed by atoms with Crippen LogP contribution in [-0.2, 0) is 12.7 Å². The van der Waals surface area contributed by atoms with Gasteiger partial charge in [-0.25, -0.2) is 0 Å². The Hall–Kier alpha value is -1.72. The van der Waals surface area contributed by atoms with Crippen molar-refractivity contribution in [3.8, 4) is 5.75 Å². The van der Waals surface area contributed by atoms with Crippen LogP contribution in [0.1, 0.15) is 24.0 Å². The molecule has 136 valence electrons. The molecule has 0 unspecified atom stereocenters. The Kier molecular flexibility index (Phi) is 6.73. The third-order valence-electron chi connectivity index (χ3n) is 4.25. The molecular formula is C19H21ClF3NO. The molecule has 1 aliphatic heterocycles. The van der Waals surface area contributed by atoms with Gasteiger partial charge in [0.2, 0.25) is 0 Å². The second kappa shape index (κ2) is 8.59. The zero-order chi connectivity index (χ0) is 17.0. The van der Waals surface area contributed by atoms with Gasteiger partial charge in [-0.15, -0.1) is 12.4 Å². The summed E-state index contributed by atoms with van der Waals surface area (Å²) in [5.41, 5.74) is 0.608. The van der Waals surface area contributed by atoms with Gasteiger partial charge in [-0.3, -0.25) is 4.90 Å². The minimum Gasteiger partial charge on any atom is -0.490 e. The quantitative estimate of drug-likeness (QED) is 0.735. The van der Waals surface area contributed by atoms with E-state index in [4.69, 9.17) is 4.74 Å². The molecule has 25 heavy (non-hydrogen) atoms. The van der Waals surface area contributed by atoms with Gasteiger partial charge >= 0.3 is 6.18 Å². The molecule has 2 aromatic rings. The molecule has 0 atom stereocenters. The summed E-state index contributed by atoms with van der Waals surface area (Å²) in [6.45, 7) is 2.67. The molecule has 0 spiro atoms. The van der Waals surface area contributed by atoms with Gasteiger partial charge in [-0.2, -0.15) is 13.2 Å². The molecule has 0 amide bonds. The molecule has 1 heterocycles. The van der Waals surface area contributed by atoms with E-state index < -0.39 is 11.7 Å². The molecule has 0 N–H and O–H groups in total. The van der Waals surface area contributed by atoms with E-state index in [9.17, 15) is 13.2 Å². The second-order valence-electron chi connectivity index (χ2n) is 6.10. The average Bonchev–Trinajstić information content (AvgIpc) is 2.57. The molecular weight excluding hydrogens is 351 g/mol. The molecule has 0 aromatic heterocycles. The smallest absolute Gasteiger partial charge is 0.416 e. The maximum Gasteiger partial charge on any atom is 0.416 e. The summed E-state index contributed by atoms with van der Waals surface area (Å²) in [5, 5.41) is 0. The van der Waals surface area contributed by atoms with E-state index in [0.29, 0.717) is 5.75 Å².